The standard InChI is InChI=1S/C21H35N3O2/c1-7-21(8-2,24(5)6)15-22-20(26)19(16(3)4)23-18(25)14-17-12-10-9-11-13-17/h9-13,16,19H,7-8,14-15H2,1-6H3,(H,22,26)(H,23,25)/t19-/m0/s1. The van der Waals surface area contributed by atoms with Gasteiger partial charge in [-0.3, -0.25) is 9.59 Å². The molecule has 0 aliphatic rings. The topological polar surface area (TPSA) is 61.4 Å². The molecule has 0 heterocycles. The van der Waals surface area contributed by atoms with Crippen LogP contribution in [0.15, 0.2) is 30.3 Å². The van der Waals surface area contributed by atoms with Gasteiger partial charge in [-0.05, 0) is 38.4 Å². The van der Waals surface area contributed by atoms with Crippen molar-refractivity contribution in [3.63, 3.8) is 0 Å². The van der Waals surface area contributed by atoms with Crippen molar-refractivity contribution in [2.45, 2.75) is 58.5 Å². The van der Waals surface area contributed by atoms with Crippen molar-refractivity contribution in [3.05, 3.63) is 35.9 Å². The van der Waals surface area contributed by atoms with E-state index in [-0.39, 0.29) is 29.7 Å². The molecule has 5 nitrogen and oxygen atoms in total. The van der Waals surface area contributed by atoms with Crippen molar-refractivity contribution in [1.82, 2.24) is 15.5 Å². The SMILES string of the molecule is CCC(CC)(CNC(=O)[C@@H](NC(=O)Cc1ccccc1)C(C)C)N(C)C. The molecule has 26 heavy (non-hydrogen) atoms. The molecule has 0 unspecified atom stereocenters. The second kappa shape index (κ2) is 10.3. The zero-order valence-electron chi connectivity index (χ0n) is 17.1. The lowest BCUT2D eigenvalue weighted by atomic mass is 9.91. The third-order valence-corrected chi connectivity index (χ3v) is 5.33. The minimum atomic E-state index is -0.528. The molecule has 0 spiro atoms. The van der Waals surface area contributed by atoms with Crippen LogP contribution in [0.4, 0.5) is 0 Å². The number of likely N-dealkylation sites (N-methyl/N-ethyl adjacent to an activating group) is 1. The second-order valence-corrected chi connectivity index (χ2v) is 7.50. The Morgan fingerprint density at radius 3 is 2.12 bits per heavy atom. The molecule has 0 fully saturated rings. The van der Waals surface area contributed by atoms with Crippen LogP contribution in [-0.2, 0) is 16.0 Å². The van der Waals surface area contributed by atoms with E-state index in [1.54, 1.807) is 0 Å². The molecule has 1 rings (SSSR count). The molecule has 5 heteroatoms. The van der Waals surface area contributed by atoms with Gasteiger partial charge in [-0.25, -0.2) is 0 Å². The molecule has 0 saturated carbocycles. The summed E-state index contributed by atoms with van der Waals surface area (Å²) in [5.41, 5.74) is 0.877. The van der Waals surface area contributed by atoms with Crippen molar-refractivity contribution in [1.29, 1.82) is 0 Å². The number of rotatable bonds is 10. The number of benzene rings is 1. The van der Waals surface area contributed by atoms with Crippen molar-refractivity contribution < 1.29 is 9.59 Å². The maximum Gasteiger partial charge on any atom is 0.242 e. The van der Waals surface area contributed by atoms with Gasteiger partial charge in [0.2, 0.25) is 11.8 Å². The van der Waals surface area contributed by atoms with Gasteiger partial charge < -0.3 is 15.5 Å². The van der Waals surface area contributed by atoms with Gasteiger partial charge in [0, 0.05) is 12.1 Å². The summed E-state index contributed by atoms with van der Waals surface area (Å²) >= 11 is 0. The molecule has 1 atom stereocenters. The lowest BCUT2D eigenvalue weighted by molar-refractivity contribution is -0.130. The fraction of sp³-hybridized carbons (Fsp3) is 0.619. The number of amides is 2. The summed E-state index contributed by atoms with van der Waals surface area (Å²) in [4.78, 5) is 27.3. The molecular formula is C21H35N3O2. The lowest BCUT2D eigenvalue weighted by Gasteiger charge is -2.39. The van der Waals surface area contributed by atoms with E-state index in [0.29, 0.717) is 6.54 Å². The van der Waals surface area contributed by atoms with E-state index in [4.69, 9.17) is 0 Å². The molecule has 2 amide bonds. The van der Waals surface area contributed by atoms with E-state index < -0.39 is 6.04 Å². The summed E-state index contributed by atoms with van der Waals surface area (Å²) in [6.07, 6.45) is 2.18. The van der Waals surface area contributed by atoms with Gasteiger partial charge in [0.15, 0.2) is 0 Å². The Morgan fingerprint density at radius 2 is 1.65 bits per heavy atom. The summed E-state index contributed by atoms with van der Waals surface area (Å²) in [6.45, 7) is 8.75. The molecule has 0 aliphatic heterocycles. The molecule has 0 bridgehead atoms. The zero-order chi connectivity index (χ0) is 19.7. The van der Waals surface area contributed by atoms with E-state index in [1.165, 1.54) is 0 Å². The van der Waals surface area contributed by atoms with Crippen LogP contribution < -0.4 is 10.6 Å². The van der Waals surface area contributed by atoms with E-state index >= 15 is 0 Å². The molecule has 1 aromatic rings. The quantitative estimate of drug-likeness (QED) is 0.673. The van der Waals surface area contributed by atoms with Crippen LogP contribution in [0.5, 0.6) is 0 Å². The van der Waals surface area contributed by atoms with Crippen LogP contribution in [0, 0.1) is 5.92 Å². The molecule has 0 radical (unpaired) electrons. The van der Waals surface area contributed by atoms with Gasteiger partial charge in [-0.15, -0.1) is 0 Å². The van der Waals surface area contributed by atoms with E-state index in [0.717, 1.165) is 18.4 Å². The summed E-state index contributed by atoms with van der Waals surface area (Å²) in [5, 5.41) is 5.96. The van der Waals surface area contributed by atoms with Crippen LogP contribution in [0.25, 0.3) is 0 Å². The Bertz CT molecular complexity index is 566. The first-order valence-electron chi connectivity index (χ1n) is 9.54. The van der Waals surface area contributed by atoms with Gasteiger partial charge in [-0.2, -0.15) is 0 Å². The number of nitrogens with zero attached hydrogens (tertiary/aromatic N) is 1. The highest BCUT2D eigenvalue weighted by atomic mass is 16.2. The summed E-state index contributed by atoms with van der Waals surface area (Å²) in [6, 6.07) is 9.04. The summed E-state index contributed by atoms with van der Waals surface area (Å²) < 4.78 is 0. The van der Waals surface area contributed by atoms with E-state index in [1.807, 2.05) is 58.3 Å². The lowest BCUT2D eigenvalue weighted by Crippen LogP contribution is -2.56. The van der Waals surface area contributed by atoms with Crippen molar-refractivity contribution in [2.24, 2.45) is 5.92 Å². The zero-order valence-corrected chi connectivity index (χ0v) is 17.1. The molecule has 2 N–H and O–H groups in total. The molecule has 0 saturated heterocycles. The van der Waals surface area contributed by atoms with Gasteiger partial charge in [-0.1, -0.05) is 58.0 Å². The first kappa shape index (κ1) is 22.2. The van der Waals surface area contributed by atoms with Crippen LogP contribution in [0.3, 0.4) is 0 Å². The summed E-state index contributed by atoms with van der Waals surface area (Å²) in [7, 11) is 4.08. The smallest absolute Gasteiger partial charge is 0.242 e. The average molecular weight is 362 g/mol. The first-order valence-corrected chi connectivity index (χ1v) is 9.54. The number of nitrogens with one attached hydrogen (secondary N) is 2. The van der Waals surface area contributed by atoms with Crippen molar-refractivity contribution in [2.75, 3.05) is 20.6 Å². The van der Waals surface area contributed by atoms with Crippen molar-refractivity contribution >= 4 is 11.8 Å². The predicted octanol–water partition coefficient (Wildman–Crippen LogP) is 2.61. The third-order valence-electron chi connectivity index (χ3n) is 5.33. The molecule has 0 aromatic heterocycles. The Labute approximate surface area is 158 Å². The largest absolute Gasteiger partial charge is 0.352 e. The van der Waals surface area contributed by atoms with Crippen LogP contribution in [0.1, 0.15) is 46.1 Å². The normalized spacial score (nSPS) is 12.9. The Hall–Kier alpha value is -1.88. The highest BCUT2D eigenvalue weighted by molar-refractivity contribution is 5.88. The Morgan fingerprint density at radius 1 is 1.08 bits per heavy atom. The van der Waals surface area contributed by atoms with Gasteiger partial charge in [0.1, 0.15) is 6.04 Å². The number of hydrogen-bond acceptors (Lipinski definition) is 3. The van der Waals surface area contributed by atoms with Crippen LogP contribution in [-0.4, -0.2) is 48.9 Å². The molecule has 146 valence electrons. The van der Waals surface area contributed by atoms with Gasteiger partial charge in [0.05, 0.1) is 6.42 Å². The van der Waals surface area contributed by atoms with E-state index in [2.05, 4.69) is 29.4 Å². The number of hydrogen-bond donors (Lipinski definition) is 2. The Balaban J connectivity index is 2.70. The predicted molar refractivity (Wildman–Crippen MR) is 107 cm³/mol. The monoisotopic (exact) mass is 361 g/mol. The van der Waals surface area contributed by atoms with Crippen molar-refractivity contribution in [3.8, 4) is 0 Å². The summed E-state index contributed by atoms with van der Waals surface area (Å²) in [5.74, 6) is -0.226. The highest BCUT2D eigenvalue weighted by Crippen LogP contribution is 2.20. The fourth-order valence-electron chi connectivity index (χ4n) is 3.19. The van der Waals surface area contributed by atoms with Crippen LogP contribution in [0.2, 0.25) is 0 Å². The maximum absolute atomic E-state index is 12.7. The number of carbonyl (C=O) groups is 2. The molecule has 1 aromatic carbocycles. The maximum atomic E-state index is 12.7. The average Bonchev–Trinajstić information content (AvgIpc) is 2.61. The number of carbonyl (C=O) groups excluding carboxylic acids is 2. The fourth-order valence-corrected chi connectivity index (χ4v) is 3.19. The molecular weight excluding hydrogens is 326 g/mol. The Kier molecular flexibility index (Phi) is 8.79. The second-order valence-electron chi connectivity index (χ2n) is 7.50. The van der Waals surface area contributed by atoms with Crippen LogP contribution >= 0.6 is 0 Å². The van der Waals surface area contributed by atoms with E-state index in [9.17, 15) is 9.59 Å². The minimum Gasteiger partial charge on any atom is -0.352 e. The minimum absolute atomic E-state index is 0.0201. The third kappa shape index (κ3) is 6.13. The highest BCUT2D eigenvalue weighted by Gasteiger charge is 2.31. The van der Waals surface area contributed by atoms with Gasteiger partial charge in [0.25, 0.3) is 0 Å². The van der Waals surface area contributed by atoms with Gasteiger partial charge >= 0.3 is 0 Å². The first-order chi connectivity index (χ1) is 12.3. The molecule has 0 aliphatic carbocycles.